The lowest BCUT2D eigenvalue weighted by atomic mass is 10.1. The van der Waals surface area contributed by atoms with E-state index < -0.39 is 12.0 Å². The highest BCUT2D eigenvalue weighted by atomic mass is 35.5. The minimum absolute atomic E-state index is 0.119. The molecule has 1 aliphatic heterocycles. The van der Waals surface area contributed by atoms with Crippen molar-refractivity contribution in [3.8, 4) is 0 Å². The van der Waals surface area contributed by atoms with Crippen LogP contribution < -0.4 is 4.90 Å². The molecule has 5 nitrogen and oxygen atoms in total. The fourth-order valence-electron chi connectivity index (χ4n) is 2.79. The summed E-state index contributed by atoms with van der Waals surface area (Å²) in [5, 5.41) is 11.1. The van der Waals surface area contributed by atoms with Crippen LogP contribution in [0.15, 0.2) is 48.5 Å². The van der Waals surface area contributed by atoms with Crippen molar-refractivity contribution in [1.29, 1.82) is 0 Å². The summed E-state index contributed by atoms with van der Waals surface area (Å²) in [4.78, 5) is 27.9. The summed E-state index contributed by atoms with van der Waals surface area (Å²) in [6, 6.07) is 13.7. The zero-order valence-electron chi connectivity index (χ0n) is 13.2. The van der Waals surface area contributed by atoms with Gasteiger partial charge in [0.25, 0.3) is 5.91 Å². The number of benzene rings is 2. The second-order valence-electron chi connectivity index (χ2n) is 5.68. The quantitative estimate of drug-likeness (QED) is 0.892. The van der Waals surface area contributed by atoms with E-state index in [1.807, 2.05) is 0 Å². The second-order valence-corrected chi connectivity index (χ2v) is 6.50. The van der Waals surface area contributed by atoms with Crippen LogP contribution in [0.4, 0.5) is 5.69 Å². The Bertz CT molecular complexity index is 812. The predicted octanol–water partition coefficient (Wildman–Crippen LogP) is 2.90. The van der Waals surface area contributed by atoms with Gasteiger partial charge in [-0.05, 0) is 18.2 Å². The maximum absolute atomic E-state index is 12.5. The van der Waals surface area contributed by atoms with Gasteiger partial charge in [0, 0.05) is 23.7 Å². The average Bonchev–Trinajstić information content (AvgIpc) is 2.61. The van der Waals surface area contributed by atoms with Gasteiger partial charge in [0.15, 0.2) is 6.10 Å². The monoisotopic (exact) mass is 378 g/mol. The van der Waals surface area contributed by atoms with E-state index in [2.05, 4.69) is 0 Å². The van der Waals surface area contributed by atoms with Gasteiger partial charge in [-0.2, -0.15) is 0 Å². The van der Waals surface area contributed by atoms with Crippen LogP contribution in [0.3, 0.4) is 0 Å². The molecule has 1 saturated heterocycles. The molecule has 2 aromatic carbocycles. The Morgan fingerprint density at radius 3 is 2.28 bits per heavy atom. The summed E-state index contributed by atoms with van der Waals surface area (Å²) in [6.07, 6.45) is -1.40. The maximum Gasteiger partial charge on any atom is 0.256 e. The minimum atomic E-state index is -1.40. The molecule has 0 bridgehead atoms. The van der Waals surface area contributed by atoms with E-state index in [9.17, 15) is 14.7 Å². The van der Waals surface area contributed by atoms with E-state index in [-0.39, 0.29) is 12.5 Å². The average molecular weight is 379 g/mol. The minimum Gasteiger partial charge on any atom is -0.378 e. The number of hydrogen-bond acceptors (Lipinski definition) is 3. The van der Waals surface area contributed by atoms with Gasteiger partial charge in [-0.1, -0.05) is 53.5 Å². The Labute approximate surface area is 155 Å². The van der Waals surface area contributed by atoms with Gasteiger partial charge >= 0.3 is 0 Å². The molecule has 0 spiro atoms. The van der Waals surface area contributed by atoms with E-state index in [1.54, 1.807) is 53.4 Å². The summed E-state index contributed by atoms with van der Waals surface area (Å²) < 4.78 is 0. The molecular formula is C18H16Cl2N2O3. The molecule has 25 heavy (non-hydrogen) atoms. The third-order valence-electron chi connectivity index (χ3n) is 4.11. The van der Waals surface area contributed by atoms with Crippen LogP contribution in [-0.4, -0.2) is 41.5 Å². The Morgan fingerprint density at radius 2 is 1.64 bits per heavy atom. The zero-order chi connectivity index (χ0) is 18.0. The van der Waals surface area contributed by atoms with Crippen LogP contribution >= 0.6 is 23.2 Å². The number of amides is 2. The number of anilines is 1. The summed E-state index contributed by atoms with van der Waals surface area (Å²) in [7, 11) is 0. The first-order valence-corrected chi connectivity index (χ1v) is 8.51. The molecule has 1 fully saturated rings. The molecule has 1 N–H and O–H groups in total. The van der Waals surface area contributed by atoms with Crippen LogP contribution in [0.1, 0.15) is 11.7 Å². The molecule has 1 aliphatic rings. The summed E-state index contributed by atoms with van der Waals surface area (Å²) >= 11 is 12.2. The van der Waals surface area contributed by atoms with Gasteiger partial charge in [-0.25, -0.2) is 0 Å². The van der Waals surface area contributed by atoms with Crippen LogP contribution in [0.2, 0.25) is 10.0 Å². The van der Waals surface area contributed by atoms with Crippen molar-refractivity contribution in [1.82, 2.24) is 4.90 Å². The van der Waals surface area contributed by atoms with Gasteiger partial charge in [0.2, 0.25) is 5.91 Å². The second kappa shape index (κ2) is 7.44. The smallest absolute Gasteiger partial charge is 0.256 e. The maximum atomic E-state index is 12.5. The van der Waals surface area contributed by atoms with Crippen molar-refractivity contribution in [2.24, 2.45) is 0 Å². The molecule has 1 atom stereocenters. The molecule has 0 radical (unpaired) electrons. The molecule has 2 aromatic rings. The lowest BCUT2D eigenvalue weighted by Crippen LogP contribution is -2.53. The standard InChI is InChI=1S/C18H16Cl2N2O3/c19-13-6-2-1-5-12(13)17(24)18(25)21-9-10-22(16(23)11-21)15-8-4-3-7-14(15)20/h1-8,17,24H,9-11H2/t17-/m0/s1. The third kappa shape index (κ3) is 3.63. The van der Waals surface area contributed by atoms with Crippen molar-refractivity contribution in [2.45, 2.75) is 6.10 Å². The van der Waals surface area contributed by atoms with Crippen LogP contribution in [0.25, 0.3) is 0 Å². The SMILES string of the molecule is O=C([C@@H](O)c1ccccc1Cl)N1CCN(c2ccccc2Cl)C(=O)C1. The fraction of sp³-hybridized carbons (Fsp3) is 0.222. The lowest BCUT2D eigenvalue weighted by Gasteiger charge is -2.35. The number of carbonyl (C=O) groups is 2. The normalized spacial score (nSPS) is 16.0. The number of carbonyl (C=O) groups excluding carboxylic acids is 2. The highest BCUT2D eigenvalue weighted by Gasteiger charge is 2.32. The molecule has 7 heteroatoms. The number of aliphatic hydroxyl groups excluding tert-OH is 1. The molecule has 1 heterocycles. The molecule has 3 rings (SSSR count). The van der Waals surface area contributed by atoms with Gasteiger partial charge in [-0.15, -0.1) is 0 Å². The van der Waals surface area contributed by atoms with Crippen molar-refractivity contribution >= 4 is 40.7 Å². The topological polar surface area (TPSA) is 60.9 Å². The molecule has 0 aromatic heterocycles. The Morgan fingerprint density at radius 1 is 1.00 bits per heavy atom. The van der Waals surface area contributed by atoms with Crippen molar-refractivity contribution in [3.63, 3.8) is 0 Å². The van der Waals surface area contributed by atoms with Crippen LogP contribution in [0.5, 0.6) is 0 Å². The number of hydrogen-bond donors (Lipinski definition) is 1. The largest absolute Gasteiger partial charge is 0.378 e. The third-order valence-corrected chi connectivity index (χ3v) is 4.77. The highest BCUT2D eigenvalue weighted by molar-refractivity contribution is 6.34. The summed E-state index contributed by atoms with van der Waals surface area (Å²) in [6.45, 7) is 0.492. The lowest BCUT2D eigenvalue weighted by molar-refractivity contribution is -0.144. The Kier molecular flexibility index (Phi) is 5.27. The number of piperazine rings is 1. The first-order chi connectivity index (χ1) is 12.0. The Hall–Kier alpha value is -2.08. The van der Waals surface area contributed by atoms with E-state index in [4.69, 9.17) is 23.2 Å². The fourth-order valence-corrected chi connectivity index (χ4v) is 3.27. The van der Waals surface area contributed by atoms with Crippen molar-refractivity contribution in [3.05, 3.63) is 64.1 Å². The van der Waals surface area contributed by atoms with Crippen LogP contribution in [0, 0.1) is 0 Å². The molecule has 0 saturated carbocycles. The first kappa shape index (κ1) is 17.7. The highest BCUT2D eigenvalue weighted by Crippen LogP contribution is 2.28. The number of aliphatic hydroxyl groups is 1. The predicted molar refractivity (Wildman–Crippen MR) is 96.8 cm³/mol. The molecule has 130 valence electrons. The molecule has 0 aliphatic carbocycles. The molecule has 2 amide bonds. The van der Waals surface area contributed by atoms with E-state index >= 15 is 0 Å². The zero-order valence-corrected chi connectivity index (χ0v) is 14.7. The van der Waals surface area contributed by atoms with Gasteiger partial charge in [0.05, 0.1) is 10.7 Å². The summed E-state index contributed by atoms with van der Waals surface area (Å²) in [5.74, 6) is -0.792. The molecule has 0 unspecified atom stereocenters. The number of para-hydroxylation sites is 1. The first-order valence-electron chi connectivity index (χ1n) is 7.75. The van der Waals surface area contributed by atoms with Gasteiger partial charge < -0.3 is 14.9 Å². The van der Waals surface area contributed by atoms with E-state index in [1.165, 1.54) is 4.90 Å². The number of halogens is 2. The Balaban J connectivity index is 1.73. The number of rotatable bonds is 3. The summed E-state index contributed by atoms with van der Waals surface area (Å²) in [5.41, 5.74) is 0.947. The van der Waals surface area contributed by atoms with E-state index in [0.717, 1.165) is 0 Å². The number of nitrogens with zero attached hydrogens (tertiary/aromatic N) is 2. The van der Waals surface area contributed by atoms with Crippen molar-refractivity contribution in [2.75, 3.05) is 24.5 Å². The molecular weight excluding hydrogens is 363 g/mol. The van der Waals surface area contributed by atoms with Crippen molar-refractivity contribution < 1.29 is 14.7 Å². The van der Waals surface area contributed by atoms with E-state index in [0.29, 0.717) is 34.4 Å². The van der Waals surface area contributed by atoms with Gasteiger partial charge in [-0.3, -0.25) is 9.59 Å². The van der Waals surface area contributed by atoms with Crippen LogP contribution in [-0.2, 0) is 9.59 Å². The van der Waals surface area contributed by atoms with Gasteiger partial charge in [0.1, 0.15) is 6.54 Å².